The smallest absolute Gasteiger partial charge is 0.399 e. The number of rotatable bonds is 4. The molecule has 1 saturated heterocycles. The van der Waals surface area contributed by atoms with Gasteiger partial charge in [-0.25, -0.2) is 0 Å². The van der Waals surface area contributed by atoms with Gasteiger partial charge in [-0.15, -0.1) is 0 Å². The van der Waals surface area contributed by atoms with E-state index >= 15 is 0 Å². The molecule has 0 spiro atoms. The molecule has 2 fully saturated rings. The van der Waals surface area contributed by atoms with Gasteiger partial charge in [-0.2, -0.15) is 0 Å². The predicted octanol–water partition coefficient (Wildman–Crippen LogP) is 4.91. The van der Waals surface area contributed by atoms with E-state index < -0.39 is 0 Å². The second kappa shape index (κ2) is 6.93. The van der Waals surface area contributed by atoms with E-state index in [4.69, 9.17) is 9.31 Å². The van der Waals surface area contributed by atoms with Crippen LogP contribution in [0.15, 0.2) is 36.4 Å². The summed E-state index contributed by atoms with van der Waals surface area (Å²) in [5, 5.41) is 0. The third-order valence-electron chi connectivity index (χ3n) is 6.30. The fourth-order valence-corrected chi connectivity index (χ4v) is 4.13. The lowest BCUT2D eigenvalue weighted by Gasteiger charge is -2.32. The number of hydrogen-bond donors (Lipinski definition) is 0. The van der Waals surface area contributed by atoms with Gasteiger partial charge in [0.05, 0.1) is 11.2 Å². The van der Waals surface area contributed by atoms with Crippen molar-refractivity contribution in [3.8, 4) is 0 Å². The molecular formula is C22H33BO2. The molecule has 0 N–H and O–H groups in total. The third-order valence-corrected chi connectivity index (χ3v) is 6.30. The molecule has 1 aromatic rings. The monoisotopic (exact) mass is 340 g/mol. The highest BCUT2D eigenvalue weighted by molar-refractivity contribution is 6.62. The second-order valence-corrected chi connectivity index (χ2v) is 9.23. The number of allylic oxidation sites excluding steroid dienone is 1. The maximum atomic E-state index is 6.14. The summed E-state index contributed by atoms with van der Waals surface area (Å²) in [5.41, 5.74) is 3.40. The number of benzene rings is 1. The molecule has 0 radical (unpaired) electrons. The minimum atomic E-state index is -0.281. The average Bonchev–Trinajstić information content (AvgIpc) is 2.73. The van der Waals surface area contributed by atoms with E-state index in [2.05, 4.69) is 65.5 Å². The highest BCUT2D eigenvalue weighted by atomic mass is 16.7. The van der Waals surface area contributed by atoms with Crippen LogP contribution >= 0.6 is 0 Å². The highest BCUT2D eigenvalue weighted by Crippen LogP contribution is 2.37. The van der Waals surface area contributed by atoms with Crippen LogP contribution < -0.4 is 5.46 Å². The molecule has 3 heteroatoms. The lowest BCUT2D eigenvalue weighted by atomic mass is 9.77. The van der Waals surface area contributed by atoms with Gasteiger partial charge in [0.2, 0.25) is 0 Å². The Morgan fingerprint density at radius 3 is 2.20 bits per heavy atom. The van der Waals surface area contributed by atoms with Gasteiger partial charge in [0, 0.05) is 0 Å². The molecule has 2 nitrogen and oxygen atoms in total. The standard InChI is InChI=1S/C22H33BO2/c1-16-13-17(2)15-19(14-16)8-7-18-9-11-20(12-10-18)23-24-21(3,4)22(5,6)25-23/h9-12,17,19H,1,7-8,13-15H2,2-6H3. The Morgan fingerprint density at radius 2 is 1.64 bits per heavy atom. The third kappa shape index (κ3) is 4.20. The fourth-order valence-electron chi connectivity index (χ4n) is 4.13. The summed E-state index contributed by atoms with van der Waals surface area (Å²) in [6.45, 7) is 15.0. The van der Waals surface area contributed by atoms with Crippen molar-refractivity contribution in [2.24, 2.45) is 11.8 Å². The molecule has 2 atom stereocenters. The van der Waals surface area contributed by atoms with Crippen LogP contribution in [-0.4, -0.2) is 18.3 Å². The first-order valence-electron chi connectivity index (χ1n) is 9.77. The van der Waals surface area contributed by atoms with Crippen LogP contribution in [0.25, 0.3) is 0 Å². The first-order chi connectivity index (χ1) is 11.7. The van der Waals surface area contributed by atoms with Crippen molar-refractivity contribution < 1.29 is 9.31 Å². The minimum absolute atomic E-state index is 0.262. The molecule has 1 aromatic carbocycles. The van der Waals surface area contributed by atoms with Gasteiger partial charge in [0.15, 0.2) is 0 Å². The largest absolute Gasteiger partial charge is 0.494 e. The molecular weight excluding hydrogens is 307 g/mol. The molecule has 25 heavy (non-hydrogen) atoms. The van der Waals surface area contributed by atoms with Crippen molar-refractivity contribution in [2.45, 2.75) is 77.9 Å². The normalized spacial score (nSPS) is 28.4. The Bertz CT molecular complexity index is 601. The van der Waals surface area contributed by atoms with Gasteiger partial charge in [-0.05, 0) is 82.7 Å². The van der Waals surface area contributed by atoms with E-state index in [9.17, 15) is 0 Å². The van der Waals surface area contributed by atoms with Gasteiger partial charge < -0.3 is 9.31 Å². The van der Waals surface area contributed by atoms with Crippen molar-refractivity contribution in [2.75, 3.05) is 0 Å². The van der Waals surface area contributed by atoms with E-state index in [0.29, 0.717) is 0 Å². The van der Waals surface area contributed by atoms with Crippen LogP contribution in [0.2, 0.25) is 0 Å². The molecule has 1 heterocycles. The van der Waals surface area contributed by atoms with Crippen molar-refractivity contribution in [3.63, 3.8) is 0 Å². The van der Waals surface area contributed by atoms with Crippen molar-refractivity contribution >= 4 is 12.6 Å². The van der Waals surface area contributed by atoms with Crippen LogP contribution in [0.1, 0.15) is 65.9 Å². The molecule has 1 aliphatic heterocycles. The van der Waals surface area contributed by atoms with Gasteiger partial charge in [-0.1, -0.05) is 43.3 Å². The van der Waals surface area contributed by atoms with Crippen LogP contribution in [0.5, 0.6) is 0 Å². The first kappa shape index (κ1) is 18.7. The van der Waals surface area contributed by atoms with Crippen molar-refractivity contribution in [1.82, 2.24) is 0 Å². The maximum Gasteiger partial charge on any atom is 0.494 e. The zero-order chi connectivity index (χ0) is 18.2. The van der Waals surface area contributed by atoms with Gasteiger partial charge in [-0.3, -0.25) is 0 Å². The minimum Gasteiger partial charge on any atom is -0.399 e. The maximum absolute atomic E-state index is 6.14. The summed E-state index contributed by atoms with van der Waals surface area (Å²) in [4.78, 5) is 0. The molecule has 0 aromatic heterocycles. The zero-order valence-corrected chi connectivity index (χ0v) is 16.6. The van der Waals surface area contributed by atoms with Crippen LogP contribution in [0.4, 0.5) is 0 Å². The summed E-state index contributed by atoms with van der Waals surface area (Å²) < 4.78 is 12.3. The Hall–Kier alpha value is -1.06. The average molecular weight is 340 g/mol. The van der Waals surface area contributed by atoms with Crippen LogP contribution in [0.3, 0.4) is 0 Å². The topological polar surface area (TPSA) is 18.5 Å². The second-order valence-electron chi connectivity index (χ2n) is 9.23. The summed E-state index contributed by atoms with van der Waals surface area (Å²) in [6, 6.07) is 8.81. The number of aryl methyl sites for hydroxylation is 1. The molecule has 2 aliphatic rings. The van der Waals surface area contributed by atoms with Gasteiger partial charge >= 0.3 is 7.12 Å². The van der Waals surface area contributed by atoms with E-state index in [1.54, 1.807) is 0 Å². The SMILES string of the molecule is C=C1CC(C)CC(CCc2ccc(B3OC(C)(C)C(C)(C)O3)cc2)C1. The summed E-state index contributed by atoms with van der Waals surface area (Å²) in [6.07, 6.45) is 6.20. The Morgan fingerprint density at radius 1 is 1.04 bits per heavy atom. The first-order valence-corrected chi connectivity index (χ1v) is 9.77. The van der Waals surface area contributed by atoms with Crippen molar-refractivity contribution in [3.05, 3.63) is 42.0 Å². The fraction of sp³-hybridized carbons (Fsp3) is 0.636. The van der Waals surface area contributed by atoms with E-state index in [-0.39, 0.29) is 18.3 Å². The van der Waals surface area contributed by atoms with E-state index in [1.165, 1.54) is 36.8 Å². The molecule has 0 bridgehead atoms. The van der Waals surface area contributed by atoms with Crippen LogP contribution in [0, 0.1) is 11.8 Å². The molecule has 2 unspecified atom stereocenters. The van der Waals surface area contributed by atoms with E-state index in [0.717, 1.165) is 23.7 Å². The summed E-state index contributed by atoms with van der Waals surface area (Å²) >= 11 is 0. The highest BCUT2D eigenvalue weighted by Gasteiger charge is 2.51. The predicted molar refractivity (Wildman–Crippen MR) is 106 cm³/mol. The Labute approximate surface area is 154 Å². The van der Waals surface area contributed by atoms with E-state index in [1.807, 2.05) is 0 Å². The summed E-state index contributed by atoms with van der Waals surface area (Å²) in [5.74, 6) is 1.61. The Kier molecular flexibility index (Phi) is 5.19. The lowest BCUT2D eigenvalue weighted by molar-refractivity contribution is 0.00578. The number of hydrogen-bond acceptors (Lipinski definition) is 2. The zero-order valence-electron chi connectivity index (χ0n) is 16.6. The molecule has 1 aliphatic carbocycles. The quantitative estimate of drug-likeness (QED) is 0.573. The van der Waals surface area contributed by atoms with Gasteiger partial charge in [0.25, 0.3) is 0 Å². The van der Waals surface area contributed by atoms with Crippen molar-refractivity contribution in [1.29, 1.82) is 0 Å². The molecule has 3 rings (SSSR count). The molecule has 136 valence electrons. The Balaban J connectivity index is 1.57. The summed E-state index contributed by atoms with van der Waals surface area (Å²) in [7, 11) is -0.262. The lowest BCUT2D eigenvalue weighted by Crippen LogP contribution is -2.41. The van der Waals surface area contributed by atoms with Gasteiger partial charge in [0.1, 0.15) is 0 Å². The molecule has 0 amide bonds. The van der Waals surface area contributed by atoms with Crippen LogP contribution in [-0.2, 0) is 15.7 Å². The molecule has 1 saturated carbocycles.